The van der Waals surface area contributed by atoms with E-state index in [9.17, 15) is 18.5 Å². The minimum absolute atomic E-state index is 0.0692. The molecule has 0 unspecified atom stereocenters. The molecule has 1 heterocycles. The zero-order valence-electron chi connectivity index (χ0n) is 11.4. The van der Waals surface area contributed by atoms with Gasteiger partial charge in [-0.05, 0) is 12.5 Å². The SMILES string of the molecule is CCCNc1ccc([N+](=O)[O-])c(NCCS(C)(=O)=O)n1. The molecule has 0 spiro atoms. The van der Waals surface area contributed by atoms with Crippen LogP contribution < -0.4 is 10.6 Å². The van der Waals surface area contributed by atoms with E-state index in [0.717, 1.165) is 12.7 Å². The molecule has 20 heavy (non-hydrogen) atoms. The molecule has 1 aromatic rings. The molecule has 8 nitrogen and oxygen atoms in total. The van der Waals surface area contributed by atoms with Gasteiger partial charge in [-0.2, -0.15) is 0 Å². The second kappa shape index (κ2) is 7.04. The second-order valence-corrected chi connectivity index (χ2v) is 6.56. The molecule has 0 saturated heterocycles. The lowest BCUT2D eigenvalue weighted by atomic mass is 10.3. The van der Waals surface area contributed by atoms with Gasteiger partial charge in [0.05, 0.1) is 10.7 Å². The average molecular weight is 302 g/mol. The van der Waals surface area contributed by atoms with Crippen molar-refractivity contribution in [2.24, 2.45) is 0 Å². The molecule has 9 heteroatoms. The van der Waals surface area contributed by atoms with Crippen molar-refractivity contribution in [3.63, 3.8) is 0 Å². The smallest absolute Gasteiger partial charge is 0.311 e. The Morgan fingerprint density at radius 1 is 1.30 bits per heavy atom. The molecule has 2 N–H and O–H groups in total. The van der Waals surface area contributed by atoms with Crippen LogP contribution in [-0.2, 0) is 9.84 Å². The fourth-order valence-electron chi connectivity index (χ4n) is 1.44. The predicted octanol–water partition coefficient (Wildman–Crippen LogP) is 1.27. The fourth-order valence-corrected chi connectivity index (χ4v) is 1.91. The van der Waals surface area contributed by atoms with E-state index in [2.05, 4.69) is 15.6 Å². The van der Waals surface area contributed by atoms with Gasteiger partial charge in [0.15, 0.2) is 0 Å². The lowest BCUT2D eigenvalue weighted by molar-refractivity contribution is -0.384. The summed E-state index contributed by atoms with van der Waals surface area (Å²) in [7, 11) is -3.13. The summed E-state index contributed by atoms with van der Waals surface area (Å²) in [5.41, 5.74) is -0.180. The highest BCUT2D eigenvalue weighted by Gasteiger charge is 2.16. The Balaban J connectivity index is 2.85. The molecular weight excluding hydrogens is 284 g/mol. The Kier molecular flexibility index (Phi) is 5.68. The van der Waals surface area contributed by atoms with Crippen LogP contribution >= 0.6 is 0 Å². The molecule has 0 atom stereocenters. The van der Waals surface area contributed by atoms with Crippen molar-refractivity contribution >= 4 is 27.2 Å². The number of pyridine rings is 1. The molecule has 1 aromatic heterocycles. The van der Waals surface area contributed by atoms with Crippen molar-refractivity contribution < 1.29 is 13.3 Å². The summed E-state index contributed by atoms with van der Waals surface area (Å²) in [5.74, 6) is 0.470. The Bertz CT molecular complexity index is 574. The summed E-state index contributed by atoms with van der Waals surface area (Å²) in [6.45, 7) is 2.77. The van der Waals surface area contributed by atoms with Crippen LogP contribution in [0.2, 0.25) is 0 Å². The first-order valence-electron chi connectivity index (χ1n) is 6.14. The normalized spacial score (nSPS) is 11.1. The Morgan fingerprint density at radius 3 is 2.55 bits per heavy atom. The molecule has 0 saturated carbocycles. The van der Waals surface area contributed by atoms with Crippen LogP contribution in [0.15, 0.2) is 12.1 Å². The van der Waals surface area contributed by atoms with Crippen LogP contribution in [0.1, 0.15) is 13.3 Å². The maximum atomic E-state index is 11.0. The third kappa shape index (κ3) is 5.39. The van der Waals surface area contributed by atoms with Crippen LogP contribution in [0.4, 0.5) is 17.3 Å². The summed E-state index contributed by atoms with van der Waals surface area (Å²) in [6, 6.07) is 2.86. The maximum Gasteiger partial charge on any atom is 0.311 e. The summed E-state index contributed by atoms with van der Waals surface area (Å²) in [5, 5.41) is 16.6. The van der Waals surface area contributed by atoms with E-state index >= 15 is 0 Å². The molecule has 1 rings (SSSR count). The van der Waals surface area contributed by atoms with Crippen LogP contribution in [-0.4, -0.2) is 43.4 Å². The van der Waals surface area contributed by atoms with Gasteiger partial charge in [0, 0.05) is 25.4 Å². The minimum atomic E-state index is -3.13. The third-order valence-corrected chi connectivity index (χ3v) is 3.34. The number of hydrogen-bond acceptors (Lipinski definition) is 7. The lowest BCUT2D eigenvalue weighted by Crippen LogP contribution is -2.16. The highest BCUT2D eigenvalue weighted by Crippen LogP contribution is 2.23. The summed E-state index contributed by atoms with van der Waals surface area (Å²) in [6.07, 6.45) is 2.01. The summed E-state index contributed by atoms with van der Waals surface area (Å²) in [4.78, 5) is 14.4. The Labute approximate surface area is 117 Å². The van der Waals surface area contributed by atoms with Crippen molar-refractivity contribution in [1.82, 2.24) is 4.98 Å². The molecule has 0 radical (unpaired) electrons. The number of nitro groups is 1. The monoisotopic (exact) mass is 302 g/mol. The standard InChI is InChI=1S/C11H18N4O4S/c1-3-6-12-10-5-4-9(15(16)17)11(14-10)13-7-8-20(2,18)19/h4-5H,3,6-8H2,1-2H3,(H2,12,13,14). The predicted molar refractivity (Wildman–Crippen MR) is 77.9 cm³/mol. The van der Waals surface area contributed by atoms with E-state index in [4.69, 9.17) is 0 Å². The van der Waals surface area contributed by atoms with Crippen molar-refractivity contribution in [1.29, 1.82) is 0 Å². The third-order valence-electron chi connectivity index (χ3n) is 2.39. The summed E-state index contributed by atoms with van der Waals surface area (Å²) >= 11 is 0. The molecule has 0 amide bonds. The molecule has 0 aliphatic carbocycles. The van der Waals surface area contributed by atoms with Gasteiger partial charge in [-0.25, -0.2) is 13.4 Å². The molecule has 112 valence electrons. The minimum Gasteiger partial charge on any atom is -0.370 e. The van der Waals surface area contributed by atoms with E-state index in [1.54, 1.807) is 0 Å². The van der Waals surface area contributed by atoms with E-state index in [1.807, 2.05) is 6.92 Å². The zero-order valence-corrected chi connectivity index (χ0v) is 12.2. The maximum absolute atomic E-state index is 11.0. The molecule has 0 fully saturated rings. The number of aromatic nitrogens is 1. The van der Waals surface area contributed by atoms with E-state index < -0.39 is 14.8 Å². The molecular formula is C11H18N4O4S. The average Bonchev–Trinajstić information content (AvgIpc) is 2.34. The van der Waals surface area contributed by atoms with Gasteiger partial charge in [0.1, 0.15) is 15.7 Å². The quantitative estimate of drug-likeness (QED) is 0.549. The van der Waals surface area contributed by atoms with Gasteiger partial charge < -0.3 is 10.6 Å². The van der Waals surface area contributed by atoms with Gasteiger partial charge >= 0.3 is 5.69 Å². The largest absolute Gasteiger partial charge is 0.370 e. The lowest BCUT2D eigenvalue weighted by Gasteiger charge is -2.08. The number of sulfone groups is 1. The number of anilines is 2. The van der Waals surface area contributed by atoms with Gasteiger partial charge in [-0.3, -0.25) is 10.1 Å². The Hall–Kier alpha value is -1.90. The van der Waals surface area contributed by atoms with Crippen LogP contribution in [0, 0.1) is 10.1 Å². The zero-order chi connectivity index (χ0) is 15.2. The van der Waals surface area contributed by atoms with Gasteiger partial charge in [-0.1, -0.05) is 6.92 Å². The van der Waals surface area contributed by atoms with E-state index in [1.165, 1.54) is 12.1 Å². The van der Waals surface area contributed by atoms with Crippen LogP contribution in [0.3, 0.4) is 0 Å². The Morgan fingerprint density at radius 2 is 2.00 bits per heavy atom. The molecule has 0 aromatic carbocycles. The topological polar surface area (TPSA) is 114 Å². The molecule has 0 aliphatic heterocycles. The highest BCUT2D eigenvalue weighted by atomic mass is 32.2. The number of nitrogens with one attached hydrogen (secondary N) is 2. The summed E-state index contributed by atoms with van der Waals surface area (Å²) < 4.78 is 22.1. The van der Waals surface area contributed by atoms with Crippen molar-refractivity contribution in [2.45, 2.75) is 13.3 Å². The first-order chi connectivity index (χ1) is 9.33. The van der Waals surface area contributed by atoms with Gasteiger partial charge in [0.25, 0.3) is 0 Å². The van der Waals surface area contributed by atoms with E-state index in [-0.39, 0.29) is 23.8 Å². The van der Waals surface area contributed by atoms with Crippen LogP contribution in [0.25, 0.3) is 0 Å². The van der Waals surface area contributed by atoms with Crippen molar-refractivity contribution in [3.05, 3.63) is 22.2 Å². The fraction of sp³-hybridized carbons (Fsp3) is 0.545. The number of hydrogen-bond donors (Lipinski definition) is 2. The van der Waals surface area contributed by atoms with Crippen LogP contribution in [0.5, 0.6) is 0 Å². The first kappa shape index (κ1) is 16.2. The molecule has 0 bridgehead atoms. The van der Waals surface area contributed by atoms with Gasteiger partial charge in [0.2, 0.25) is 5.82 Å². The number of nitrogens with zero attached hydrogens (tertiary/aromatic N) is 2. The van der Waals surface area contributed by atoms with Gasteiger partial charge in [-0.15, -0.1) is 0 Å². The van der Waals surface area contributed by atoms with Crippen molar-refractivity contribution in [3.8, 4) is 0 Å². The second-order valence-electron chi connectivity index (χ2n) is 4.30. The first-order valence-corrected chi connectivity index (χ1v) is 8.20. The molecule has 0 aliphatic rings. The van der Waals surface area contributed by atoms with Crippen molar-refractivity contribution in [2.75, 3.05) is 35.7 Å². The number of rotatable bonds is 8. The highest BCUT2D eigenvalue weighted by molar-refractivity contribution is 7.90. The van der Waals surface area contributed by atoms with E-state index in [0.29, 0.717) is 12.4 Å².